The molecule has 3 aliphatic rings. The van der Waals surface area contributed by atoms with Crippen LogP contribution in [-0.2, 0) is 9.59 Å². The van der Waals surface area contributed by atoms with Gasteiger partial charge in [0, 0.05) is 10.6 Å². The van der Waals surface area contributed by atoms with Crippen molar-refractivity contribution in [2.75, 3.05) is 6.54 Å². The number of Topliss-reactive ketones (excluding diaryl/α,β-unsaturated/α-hetero) is 1. The molecule has 1 saturated heterocycles. The number of rotatable bonds is 5. The Hall–Kier alpha value is -1.22. The summed E-state index contributed by atoms with van der Waals surface area (Å²) in [5.74, 6) is -6.50. The number of carbonyl (C=O) groups excluding carboxylic acids is 4. The van der Waals surface area contributed by atoms with E-state index in [9.17, 15) is 19.2 Å². The minimum absolute atomic E-state index is 0.0736. The molecule has 39 heavy (non-hydrogen) atoms. The summed E-state index contributed by atoms with van der Waals surface area (Å²) >= 11 is 51.6. The van der Waals surface area contributed by atoms with E-state index >= 15 is 0 Å². The van der Waals surface area contributed by atoms with Gasteiger partial charge in [0.25, 0.3) is 17.7 Å². The second kappa shape index (κ2) is 9.67. The van der Waals surface area contributed by atoms with Gasteiger partial charge in [-0.1, -0.05) is 99.4 Å². The predicted molar refractivity (Wildman–Crippen MR) is 152 cm³/mol. The van der Waals surface area contributed by atoms with E-state index < -0.39 is 56.0 Å². The van der Waals surface area contributed by atoms with Gasteiger partial charge in [-0.2, -0.15) is 5.01 Å². The van der Waals surface area contributed by atoms with E-state index in [2.05, 4.69) is 0 Å². The molecule has 5 rings (SSSR count). The fourth-order valence-electron chi connectivity index (χ4n) is 5.22. The Morgan fingerprint density at radius 2 is 1.36 bits per heavy atom. The molecule has 0 radical (unpaired) electrons. The van der Waals surface area contributed by atoms with Crippen molar-refractivity contribution in [2.24, 2.45) is 11.8 Å². The highest BCUT2D eigenvalue weighted by atomic mass is 35.5. The Balaban J connectivity index is 1.61. The van der Waals surface area contributed by atoms with E-state index in [4.69, 9.17) is 92.8 Å². The van der Waals surface area contributed by atoms with Crippen LogP contribution in [0.25, 0.3) is 0 Å². The number of imide groups is 1. The normalized spacial score (nSPS) is 28.8. The Bertz CT molecular complexity index is 1460. The molecule has 0 aromatic heterocycles. The number of carbonyl (C=O) groups is 4. The average molecular weight is 690 g/mol. The molecule has 1 heterocycles. The first-order valence-electron chi connectivity index (χ1n) is 11.2. The third kappa shape index (κ3) is 3.83. The molecule has 0 unspecified atom stereocenters. The monoisotopic (exact) mass is 686 g/mol. The predicted octanol–water partition coefficient (Wildman–Crippen LogP) is 6.99. The molecule has 0 spiro atoms. The first-order chi connectivity index (χ1) is 18.1. The van der Waals surface area contributed by atoms with Crippen LogP contribution < -0.4 is 0 Å². The van der Waals surface area contributed by atoms with Crippen LogP contribution in [-0.4, -0.2) is 54.1 Å². The maximum atomic E-state index is 13.9. The number of aryl methyl sites for hydroxylation is 1. The molecule has 2 aromatic rings. The van der Waals surface area contributed by atoms with Crippen LogP contribution in [0.1, 0.15) is 26.3 Å². The van der Waals surface area contributed by atoms with Gasteiger partial charge in [0.15, 0.2) is 10.1 Å². The molecule has 2 aromatic carbocycles. The van der Waals surface area contributed by atoms with Crippen LogP contribution in [0.2, 0.25) is 10.0 Å². The fourth-order valence-corrected chi connectivity index (χ4v) is 8.64. The van der Waals surface area contributed by atoms with Gasteiger partial charge < -0.3 is 0 Å². The number of hydrogen-bond acceptors (Lipinski definition) is 4. The lowest BCUT2D eigenvalue weighted by molar-refractivity contribution is -0.154. The number of alkyl halides is 4. The molecule has 2 bridgehead atoms. The van der Waals surface area contributed by atoms with Crippen molar-refractivity contribution in [3.8, 4) is 0 Å². The molecular weight excluding hydrogens is 676 g/mol. The summed E-state index contributed by atoms with van der Waals surface area (Å²) in [7, 11) is 0. The number of ketones is 1. The van der Waals surface area contributed by atoms with Gasteiger partial charge in [0.2, 0.25) is 0 Å². The second-order valence-electron chi connectivity index (χ2n) is 9.35. The number of allylic oxidation sites excluding steroid dienone is 2. The van der Waals surface area contributed by atoms with Gasteiger partial charge in [-0.3, -0.25) is 19.2 Å². The molecule has 2 aliphatic carbocycles. The summed E-state index contributed by atoms with van der Waals surface area (Å²) in [6.07, 6.45) is 0. The average Bonchev–Trinajstić information content (AvgIpc) is 3.26. The third-order valence-electron chi connectivity index (χ3n) is 7.19. The minimum Gasteiger partial charge on any atom is -0.292 e. The Morgan fingerprint density at radius 1 is 0.846 bits per heavy atom. The summed E-state index contributed by atoms with van der Waals surface area (Å²) in [5, 5.41) is 0.796. The Labute approximate surface area is 262 Å². The molecule has 3 amide bonds. The number of hydrazine groups is 1. The van der Waals surface area contributed by atoms with Gasteiger partial charge in [-0.05, 0) is 25.1 Å². The van der Waals surface area contributed by atoms with Crippen LogP contribution >= 0.6 is 92.8 Å². The van der Waals surface area contributed by atoms with E-state index in [0.717, 1.165) is 5.56 Å². The number of amides is 3. The van der Waals surface area contributed by atoms with Crippen molar-refractivity contribution in [3.05, 3.63) is 79.3 Å². The topological polar surface area (TPSA) is 74.8 Å². The van der Waals surface area contributed by atoms with Crippen LogP contribution in [0.15, 0.2) is 52.5 Å². The summed E-state index contributed by atoms with van der Waals surface area (Å²) in [6.45, 7) is 1.12. The van der Waals surface area contributed by atoms with Crippen LogP contribution in [0.5, 0.6) is 0 Å². The summed E-state index contributed by atoms with van der Waals surface area (Å²) < 4.78 is -2.16. The van der Waals surface area contributed by atoms with Gasteiger partial charge in [0.1, 0.15) is 16.3 Å². The molecule has 1 aliphatic heterocycles. The van der Waals surface area contributed by atoms with Crippen molar-refractivity contribution in [1.29, 1.82) is 0 Å². The standard InChI is InChI=1S/C25H14Cl8N2O4/c1-10-2-4-11(5-3-10)15(36)9-34(20(37)13-7-6-12(26)8-14(13)27)35-21(38)16-17(22(35)39)24(31)19(29)18(28)23(16,30)25(24,32)33/h2-8,16-17H,9H2,1H3/t16-,17-,23+,24+/m0/s1. The van der Waals surface area contributed by atoms with Crippen molar-refractivity contribution >= 4 is 116 Å². The van der Waals surface area contributed by atoms with Crippen molar-refractivity contribution in [2.45, 2.75) is 21.0 Å². The summed E-state index contributed by atoms with van der Waals surface area (Å²) in [4.78, 5) is 50.8. The number of halogens is 8. The first-order valence-corrected chi connectivity index (χ1v) is 14.2. The summed E-state index contributed by atoms with van der Waals surface area (Å²) in [6, 6.07) is 10.5. The highest BCUT2D eigenvalue weighted by Crippen LogP contribution is 2.77. The van der Waals surface area contributed by atoms with Crippen molar-refractivity contribution in [3.63, 3.8) is 0 Å². The van der Waals surface area contributed by atoms with Crippen molar-refractivity contribution in [1.82, 2.24) is 10.0 Å². The first kappa shape index (κ1) is 29.3. The van der Waals surface area contributed by atoms with E-state index in [0.29, 0.717) is 10.0 Å². The second-order valence-corrected chi connectivity index (χ2v) is 13.5. The molecule has 6 nitrogen and oxygen atoms in total. The third-order valence-corrected chi connectivity index (χ3v) is 12.0. The molecule has 0 N–H and O–H groups in total. The summed E-state index contributed by atoms with van der Waals surface area (Å²) in [5.41, 5.74) is 1.00. The Morgan fingerprint density at radius 3 is 1.85 bits per heavy atom. The molecule has 2 fully saturated rings. The van der Waals surface area contributed by atoms with E-state index in [-0.39, 0.29) is 31.2 Å². The lowest BCUT2D eigenvalue weighted by Gasteiger charge is -2.36. The van der Waals surface area contributed by atoms with Crippen LogP contribution in [0.4, 0.5) is 0 Å². The molecule has 204 valence electrons. The van der Waals surface area contributed by atoms with Gasteiger partial charge in [-0.25, -0.2) is 5.01 Å². The zero-order valence-corrected chi connectivity index (χ0v) is 25.5. The SMILES string of the molecule is Cc1ccc(C(=O)CN(C(=O)c2ccc(Cl)cc2Cl)N2C(=O)[C@@H]3[C@@H](C2=O)[C@@]2(Cl)C(Cl)=C(Cl)[C@@]3(Cl)C2(Cl)Cl)cc1. The van der Waals surface area contributed by atoms with Crippen molar-refractivity contribution < 1.29 is 19.2 Å². The lowest BCUT2D eigenvalue weighted by atomic mass is 9.84. The molecule has 14 heteroatoms. The maximum Gasteiger partial charge on any atom is 0.274 e. The minimum atomic E-state index is -2.16. The lowest BCUT2D eigenvalue weighted by Crippen LogP contribution is -2.56. The number of hydrogen-bond donors (Lipinski definition) is 0. The number of fused-ring (bicyclic) bond motifs is 5. The Kier molecular flexibility index (Phi) is 7.26. The molecule has 4 atom stereocenters. The van der Waals surface area contributed by atoms with Crippen LogP contribution in [0, 0.1) is 18.8 Å². The quantitative estimate of drug-likeness (QED) is 0.193. The molecular formula is C25H14Cl8N2O4. The van der Waals surface area contributed by atoms with Gasteiger partial charge >= 0.3 is 0 Å². The van der Waals surface area contributed by atoms with E-state index in [1.54, 1.807) is 24.3 Å². The van der Waals surface area contributed by atoms with Gasteiger partial charge in [0.05, 0.1) is 32.5 Å². The zero-order chi connectivity index (χ0) is 28.8. The highest BCUT2D eigenvalue weighted by molar-refractivity contribution is 6.66. The number of nitrogens with zero attached hydrogens (tertiary/aromatic N) is 2. The fraction of sp³-hybridized carbons (Fsp3) is 0.280. The van der Waals surface area contributed by atoms with E-state index in [1.165, 1.54) is 18.2 Å². The number of benzene rings is 2. The molecule has 1 saturated carbocycles. The van der Waals surface area contributed by atoms with Gasteiger partial charge in [-0.15, -0.1) is 23.2 Å². The smallest absolute Gasteiger partial charge is 0.274 e. The van der Waals surface area contributed by atoms with E-state index in [1.807, 2.05) is 6.92 Å². The van der Waals surface area contributed by atoms with Crippen LogP contribution in [0.3, 0.4) is 0 Å². The highest BCUT2D eigenvalue weighted by Gasteiger charge is 2.88. The maximum absolute atomic E-state index is 13.9. The zero-order valence-electron chi connectivity index (χ0n) is 19.5. The largest absolute Gasteiger partial charge is 0.292 e.